The van der Waals surface area contributed by atoms with Crippen molar-refractivity contribution in [3.63, 3.8) is 0 Å². The van der Waals surface area contributed by atoms with Gasteiger partial charge in [0.05, 0.1) is 14.2 Å². The number of methoxy groups -OCH3 is 2. The van der Waals surface area contributed by atoms with Crippen LogP contribution in [0.25, 0.3) is 0 Å². The van der Waals surface area contributed by atoms with Gasteiger partial charge < -0.3 is 19.7 Å². The smallest absolute Gasteiger partial charge is 0.193 e. The molecule has 1 spiro atoms. The quantitative estimate of drug-likeness (QED) is 0.482. The monoisotopic (exact) mass is 357 g/mol. The fraction of sp³-hybridized carbons (Fsp3) is 0.571. The minimum Gasteiger partial charge on any atom is -0.493 e. The zero-order chi connectivity index (χ0) is 18.6. The summed E-state index contributed by atoms with van der Waals surface area (Å²) in [5, 5.41) is 3.53. The number of likely N-dealkylation sites (tertiary alicyclic amines) is 1. The molecule has 5 nitrogen and oxygen atoms in total. The third kappa shape index (κ3) is 3.67. The number of rotatable bonds is 6. The minimum atomic E-state index is 0.568. The van der Waals surface area contributed by atoms with Gasteiger partial charge in [-0.25, -0.2) is 0 Å². The van der Waals surface area contributed by atoms with E-state index in [1.165, 1.54) is 25.7 Å². The molecule has 3 rings (SSSR count). The Hall–Kier alpha value is -2.17. The molecule has 1 saturated heterocycles. The lowest BCUT2D eigenvalue weighted by Crippen LogP contribution is -2.42. The summed E-state index contributed by atoms with van der Waals surface area (Å²) in [6.45, 7) is 6.80. The molecule has 1 aliphatic carbocycles. The largest absolute Gasteiger partial charge is 0.493 e. The van der Waals surface area contributed by atoms with E-state index in [4.69, 9.17) is 9.47 Å². The molecule has 0 atom stereocenters. The van der Waals surface area contributed by atoms with E-state index in [0.717, 1.165) is 48.1 Å². The first-order valence-corrected chi connectivity index (χ1v) is 9.45. The van der Waals surface area contributed by atoms with Gasteiger partial charge in [-0.1, -0.05) is 12.5 Å². The van der Waals surface area contributed by atoms with Gasteiger partial charge in [-0.05, 0) is 48.8 Å². The SMILES string of the molecule is C=CCc1cc(CNC(=NC)N2CCC3(CCC3)C2)cc(OC)c1OC. The third-order valence-electron chi connectivity index (χ3n) is 5.79. The van der Waals surface area contributed by atoms with Gasteiger partial charge in [0, 0.05) is 32.2 Å². The van der Waals surface area contributed by atoms with Crippen LogP contribution in [-0.4, -0.2) is 45.2 Å². The molecule has 0 amide bonds. The van der Waals surface area contributed by atoms with E-state index in [0.29, 0.717) is 12.0 Å². The Bertz CT molecular complexity index is 680. The van der Waals surface area contributed by atoms with Gasteiger partial charge in [-0.15, -0.1) is 6.58 Å². The van der Waals surface area contributed by atoms with E-state index in [9.17, 15) is 0 Å². The number of aliphatic imine (C=N–C) groups is 1. The first kappa shape index (κ1) is 18.6. The Morgan fingerprint density at radius 1 is 1.31 bits per heavy atom. The summed E-state index contributed by atoms with van der Waals surface area (Å²) in [6, 6.07) is 4.18. The summed E-state index contributed by atoms with van der Waals surface area (Å²) in [5.74, 6) is 2.54. The number of hydrogen-bond acceptors (Lipinski definition) is 3. The maximum Gasteiger partial charge on any atom is 0.193 e. The molecule has 5 heteroatoms. The van der Waals surface area contributed by atoms with E-state index in [2.05, 4.69) is 27.9 Å². The van der Waals surface area contributed by atoms with Crippen molar-refractivity contribution >= 4 is 5.96 Å². The normalized spacial score (nSPS) is 18.6. The van der Waals surface area contributed by atoms with Gasteiger partial charge in [0.25, 0.3) is 0 Å². The van der Waals surface area contributed by atoms with Crippen LogP contribution >= 0.6 is 0 Å². The van der Waals surface area contributed by atoms with E-state index in [-0.39, 0.29) is 0 Å². The number of nitrogens with zero attached hydrogens (tertiary/aromatic N) is 2. The molecule has 1 aromatic rings. The number of allylic oxidation sites excluding steroid dienone is 1. The van der Waals surface area contributed by atoms with E-state index >= 15 is 0 Å². The van der Waals surface area contributed by atoms with E-state index < -0.39 is 0 Å². The van der Waals surface area contributed by atoms with Crippen molar-refractivity contribution < 1.29 is 9.47 Å². The number of benzene rings is 1. The third-order valence-corrected chi connectivity index (χ3v) is 5.79. The van der Waals surface area contributed by atoms with Gasteiger partial charge in [0.1, 0.15) is 0 Å². The highest BCUT2D eigenvalue weighted by atomic mass is 16.5. The van der Waals surface area contributed by atoms with Gasteiger partial charge in [-0.2, -0.15) is 0 Å². The standard InChI is InChI=1S/C21H31N3O2/c1-5-7-17-12-16(13-18(25-3)19(17)26-4)14-23-20(22-2)24-11-10-21(15-24)8-6-9-21/h5,12-13H,1,6-11,14-15H2,2-4H3,(H,22,23). The summed E-state index contributed by atoms with van der Waals surface area (Å²) >= 11 is 0. The van der Waals surface area contributed by atoms with Crippen LogP contribution in [0, 0.1) is 5.41 Å². The highest BCUT2D eigenvalue weighted by Gasteiger charge is 2.43. The maximum atomic E-state index is 5.52. The molecule has 0 radical (unpaired) electrons. The Labute approximate surface area is 157 Å². The van der Waals surface area contributed by atoms with Crippen LogP contribution in [0.3, 0.4) is 0 Å². The number of guanidine groups is 1. The predicted octanol–water partition coefficient (Wildman–Crippen LogP) is 3.38. The zero-order valence-electron chi connectivity index (χ0n) is 16.3. The van der Waals surface area contributed by atoms with Crippen LogP contribution in [0.15, 0.2) is 29.8 Å². The molecule has 0 bridgehead atoms. The highest BCUT2D eigenvalue weighted by molar-refractivity contribution is 5.80. The molecule has 1 aliphatic heterocycles. The van der Waals surface area contributed by atoms with Crippen LogP contribution in [0.2, 0.25) is 0 Å². The van der Waals surface area contributed by atoms with Crippen molar-refractivity contribution in [1.82, 2.24) is 10.2 Å². The van der Waals surface area contributed by atoms with Gasteiger partial charge >= 0.3 is 0 Å². The topological polar surface area (TPSA) is 46.1 Å². The van der Waals surface area contributed by atoms with Crippen LogP contribution in [0.1, 0.15) is 36.8 Å². The van der Waals surface area contributed by atoms with Crippen molar-refractivity contribution in [3.05, 3.63) is 35.9 Å². The Morgan fingerprint density at radius 3 is 2.65 bits per heavy atom. The minimum absolute atomic E-state index is 0.568. The molecular formula is C21H31N3O2. The molecule has 2 aliphatic rings. The molecule has 142 valence electrons. The number of nitrogens with one attached hydrogen (secondary N) is 1. The Kier molecular flexibility index (Phi) is 5.74. The molecule has 0 aromatic heterocycles. The maximum absolute atomic E-state index is 5.52. The van der Waals surface area contributed by atoms with Gasteiger partial charge in [-0.3, -0.25) is 4.99 Å². The summed E-state index contributed by atoms with van der Waals surface area (Å²) in [5.41, 5.74) is 2.80. The molecule has 1 heterocycles. The summed E-state index contributed by atoms with van der Waals surface area (Å²) in [4.78, 5) is 6.91. The summed E-state index contributed by atoms with van der Waals surface area (Å²) in [7, 11) is 5.22. The molecule has 1 N–H and O–H groups in total. The molecule has 2 fully saturated rings. The van der Waals surface area contributed by atoms with Crippen LogP contribution < -0.4 is 14.8 Å². The summed E-state index contributed by atoms with van der Waals surface area (Å²) in [6.07, 6.45) is 8.07. The molecule has 1 aromatic carbocycles. The van der Waals surface area contributed by atoms with E-state index in [1.807, 2.05) is 19.2 Å². The fourth-order valence-electron chi connectivity index (χ4n) is 4.23. The van der Waals surface area contributed by atoms with Crippen molar-refractivity contribution in [3.8, 4) is 11.5 Å². The zero-order valence-corrected chi connectivity index (χ0v) is 16.3. The highest BCUT2D eigenvalue weighted by Crippen LogP contribution is 2.47. The lowest BCUT2D eigenvalue weighted by Gasteiger charge is -2.38. The first-order chi connectivity index (χ1) is 12.6. The van der Waals surface area contributed by atoms with Crippen LogP contribution in [0.4, 0.5) is 0 Å². The average Bonchev–Trinajstić information content (AvgIpc) is 3.08. The van der Waals surface area contributed by atoms with Crippen molar-refractivity contribution in [2.24, 2.45) is 10.4 Å². The second kappa shape index (κ2) is 8.02. The fourth-order valence-corrected chi connectivity index (χ4v) is 4.23. The van der Waals surface area contributed by atoms with Crippen LogP contribution in [0.5, 0.6) is 11.5 Å². The van der Waals surface area contributed by atoms with E-state index in [1.54, 1.807) is 14.2 Å². The summed E-state index contributed by atoms with van der Waals surface area (Å²) < 4.78 is 11.0. The second-order valence-electron chi connectivity index (χ2n) is 7.41. The van der Waals surface area contributed by atoms with Crippen molar-refractivity contribution in [2.75, 3.05) is 34.4 Å². The number of ether oxygens (including phenoxy) is 2. The molecule has 1 saturated carbocycles. The average molecular weight is 357 g/mol. The van der Waals surface area contributed by atoms with Crippen LogP contribution in [-0.2, 0) is 13.0 Å². The lowest BCUT2D eigenvalue weighted by molar-refractivity contribution is 0.151. The second-order valence-corrected chi connectivity index (χ2v) is 7.41. The Morgan fingerprint density at radius 2 is 2.12 bits per heavy atom. The Balaban J connectivity index is 1.69. The van der Waals surface area contributed by atoms with Crippen molar-refractivity contribution in [1.29, 1.82) is 0 Å². The number of hydrogen-bond donors (Lipinski definition) is 1. The molecular weight excluding hydrogens is 326 g/mol. The van der Waals surface area contributed by atoms with Gasteiger partial charge in [0.2, 0.25) is 0 Å². The molecule has 26 heavy (non-hydrogen) atoms. The van der Waals surface area contributed by atoms with Crippen molar-refractivity contribution in [2.45, 2.75) is 38.6 Å². The predicted molar refractivity (Wildman–Crippen MR) is 106 cm³/mol. The molecule has 0 unspecified atom stereocenters. The van der Waals surface area contributed by atoms with Gasteiger partial charge in [0.15, 0.2) is 17.5 Å². The first-order valence-electron chi connectivity index (χ1n) is 9.45. The lowest BCUT2D eigenvalue weighted by atomic mass is 9.68.